The number of aromatic amines is 1. The summed E-state index contributed by atoms with van der Waals surface area (Å²) in [6, 6.07) is 2.02. The van der Waals surface area contributed by atoms with Crippen LogP contribution in [0.15, 0.2) is 12.1 Å². The van der Waals surface area contributed by atoms with Crippen LogP contribution < -0.4 is 5.72 Å². The van der Waals surface area contributed by atoms with Crippen LogP contribution in [0.5, 0.6) is 0 Å². The van der Waals surface area contributed by atoms with Crippen LogP contribution in [-0.4, -0.2) is 17.8 Å². The van der Waals surface area contributed by atoms with Gasteiger partial charge in [-0.15, -0.1) is 0 Å². The van der Waals surface area contributed by atoms with Gasteiger partial charge in [0.1, 0.15) is 0 Å². The van der Waals surface area contributed by atoms with E-state index < -0.39 is 11.6 Å². The molecule has 0 aliphatic heterocycles. The average molecular weight is 164 g/mol. The van der Waals surface area contributed by atoms with Gasteiger partial charge in [0.15, 0.2) is 19.5 Å². The second-order valence-corrected chi connectivity index (χ2v) is 2.41. The van der Waals surface area contributed by atoms with Crippen molar-refractivity contribution in [1.29, 1.82) is 0 Å². The number of H-pyrrole nitrogens is 1. The van der Waals surface area contributed by atoms with Crippen molar-refractivity contribution >= 4 is 24.6 Å². The van der Waals surface area contributed by atoms with E-state index in [1.165, 1.54) is 0 Å². The molecule has 0 fully saturated rings. The highest BCUT2D eigenvalue weighted by Crippen LogP contribution is 2.13. The Kier molecular flexibility index (Phi) is 1.39. The number of nitrogens with zero attached hydrogens (tertiary/aromatic N) is 1. The molecule has 58 valence electrons. The molecule has 0 spiro atoms. The van der Waals surface area contributed by atoms with Gasteiger partial charge in [0, 0.05) is 17.9 Å². The zero-order valence-electron chi connectivity index (χ0n) is 5.94. The van der Waals surface area contributed by atoms with Crippen LogP contribution in [0.2, 0.25) is 0 Å². The third-order valence-corrected chi connectivity index (χ3v) is 1.54. The Bertz CT molecular complexity index is 399. The lowest BCUT2D eigenvalue weighted by Gasteiger charge is -1.90. The fraction of sp³-hybridized carbons (Fsp3) is 0. The molecule has 1 heterocycles. The predicted octanol–water partition coefficient (Wildman–Crippen LogP) is 0.635. The van der Waals surface area contributed by atoms with Crippen LogP contribution in [0.25, 0.3) is 11.0 Å². The minimum atomic E-state index is -0.922. The topological polar surface area (TPSA) is 28.7 Å². The summed E-state index contributed by atoms with van der Waals surface area (Å²) in [5.41, 5.74) is 0.868. The Morgan fingerprint density at radius 2 is 1.92 bits per heavy atom. The minimum Gasteiger partial charge on any atom is -0.351 e. The van der Waals surface area contributed by atoms with Gasteiger partial charge in [-0.3, -0.25) is 0 Å². The number of halogens is 2. The number of imidazole rings is 1. The Balaban J connectivity index is 2.83. The molecule has 0 saturated carbocycles. The summed E-state index contributed by atoms with van der Waals surface area (Å²) >= 11 is 0. The Morgan fingerprint density at radius 1 is 1.25 bits per heavy atom. The van der Waals surface area contributed by atoms with Gasteiger partial charge in [-0.25, -0.2) is 13.8 Å². The first-order valence-electron chi connectivity index (χ1n) is 3.27. The fourth-order valence-corrected chi connectivity index (χ4v) is 1.02. The van der Waals surface area contributed by atoms with E-state index in [1.54, 1.807) is 0 Å². The molecule has 1 N–H and O–H groups in total. The number of nitrogens with one attached hydrogen (secondary N) is 1. The summed E-state index contributed by atoms with van der Waals surface area (Å²) in [4.78, 5) is 6.32. The number of benzene rings is 1. The van der Waals surface area contributed by atoms with Crippen LogP contribution in [0.4, 0.5) is 8.78 Å². The minimum absolute atomic E-state index is 0.148. The van der Waals surface area contributed by atoms with Gasteiger partial charge in [-0.2, -0.15) is 0 Å². The van der Waals surface area contributed by atoms with Gasteiger partial charge in [0.05, 0.1) is 11.0 Å². The van der Waals surface area contributed by atoms with Crippen molar-refractivity contribution in [2.45, 2.75) is 0 Å². The van der Waals surface area contributed by atoms with E-state index in [-0.39, 0.29) is 5.72 Å². The zero-order chi connectivity index (χ0) is 8.72. The quantitative estimate of drug-likeness (QED) is 0.568. The molecule has 2 aromatic rings. The summed E-state index contributed by atoms with van der Waals surface area (Å²) in [5, 5.41) is 0. The van der Waals surface area contributed by atoms with Crippen LogP contribution in [-0.2, 0) is 0 Å². The van der Waals surface area contributed by atoms with Crippen LogP contribution in [0.3, 0.4) is 0 Å². The largest absolute Gasteiger partial charge is 0.351 e. The van der Waals surface area contributed by atoms with Gasteiger partial charge in [-0.1, -0.05) is 0 Å². The van der Waals surface area contributed by atoms with Gasteiger partial charge in [0.2, 0.25) is 0 Å². The van der Waals surface area contributed by atoms with Crippen molar-refractivity contribution in [3.63, 3.8) is 0 Å². The van der Waals surface area contributed by atoms with E-state index in [0.717, 1.165) is 12.1 Å². The molecule has 12 heavy (non-hydrogen) atoms. The summed E-state index contributed by atoms with van der Waals surface area (Å²) in [7, 11) is 5.28. The molecule has 0 amide bonds. The van der Waals surface area contributed by atoms with Crippen molar-refractivity contribution in [2.24, 2.45) is 0 Å². The van der Waals surface area contributed by atoms with E-state index >= 15 is 0 Å². The molecule has 2 nitrogen and oxygen atoms in total. The normalized spacial score (nSPS) is 10.8. The number of fused-ring (bicyclic) bond motifs is 1. The summed E-state index contributed by atoms with van der Waals surface area (Å²) in [5.74, 6) is -1.83. The lowest BCUT2D eigenvalue weighted by Crippen LogP contribution is -2.04. The zero-order valence-corrected chi connectivity index (χ0v) is 5.94. The van der Waals surface area contributed by atoms with Crippen LogP contribution in [0, 0.1) is 11.6 Å². The predicted molar refractivity (Wildman–Crippen MR) is 41.4 cm³/mol. The number of hydrogen-bond donors (Lipinski definition) is 1. The van der Waals surface area contributed by atoms with E-state index in [1.807, 2.05) is 0 Å². The first-order chi connectivity index (χ1) is 5.66. The third kappa shape index (κ3) is 0.977. The van der Waals surface area contributed by atoms with Gasteiger partial charge in [0.25, 0.3) is 0 Å². The Hall–Kier alpha value is -1.39. The van der Waals surface area contributed by atoms with Crippen LogP contribution in [0.1, 0.15) is 0 Å². The standard InChI is InChI=1S/C7H3BF2N2/c8-7-11-5-1-3(9)4(10)2-6(5)12-7/h1-2H,(H,11,12). The molecule has 2 rings (SSSR count). The SMILES string of the molecule is [B]c1nc2cc(F)c(F)cc2[nH]1. The first kappa shape index (κ1) is 7.27. The highest BCUT2D eigenvalue weighted by molar-refractivity contribution is 6.30. The van der Waals surface area contributed by atoms with E-state index in [0.29, 0.717) is 11.0 Å². The first-order valence-corrected chi connectivity index (χ1v) is 3.27. The molecular formula is C7H3BF2N2. The molecular weight excluding hydrogens is 161 g/mol. The van der Waals surface area contributed by atoms with Crippen molar-refractivity contribution in [3.05, 3.63) is 23.8 Å². The molecule has 0 aliphatic rings. The molecule has 1 aromatic carbocycles. The van der Waals surface area contributed by atoms with Crippen molar-refractivity contribution in [2.75, 3.05) is 0 Å². The second-order valence-electron chi connectivity index (χ2n) is 2.41. The van der Waals surface area contributed by atoms with Crippen molar-refractivity contribution in [3.8, 4) is 0 Å². The molecule has 0 unspecified atom stereocenters. The average Bonchev–Trinajstić information content (AvgIpc) is 2.30. The van der Waals surface area contributed by atoms with E-state index in [9.17, 15) is 8.78 Å². The summed E-state index contributed by atoms with van der Waals surface area (Å²) < 4.78 is 25.2. The van der Waals surface area contributed by atoms with Gasteiger partial charge < -0.3 is 4.98 Å². The maximum absolute atomic E-state index is 12.6. The van der Waals surface area contributed by atoms with E-state index in [2.05, 4.69) is 9.97 Å². The maximum atomic E-state index is 12.6. The van der Waals surface area contributed by atoms with Gasteiger partial charge >= 0.3 is 0 Å². The molecule has 0 saturated heterocycles. The van der Waals surface area contributed by atoms with Crippen molar-refractivity contribution in [1.82, 2.24) is 9.97 Å². The van der Waals surface area contributed by atoms with Crippen molar-refractivity contribution < 1.29 is 8.78 Å². The maximum Gasteiger partial charge on any atom is 0.167 e. The monoisotopic (exact) mass is 164 g/mol. The molecule has 0 atom stereocenters. The van der Waals surface area contributed by atoms with E-state index in [4.69, 9.17) is 7.85 Å². The molecule has 5 heteroatoms. The molecule has 1 aromatic heterocycles. The smallest absolute Gasteiger partial charge is 0.167 e. The number of hydrogen-bond acceptors (Lipinski definition) is 1. The molecule has 0 aliphatic carbocycles. The Labute approximate surface area is 68.0 Å². The fourth-order valence-electron chi connectivity index (χ4n) is 1.02. The lowest BCUT2D eigenvalue weighted by molar-refractivity contribution is 0.510. The highest BCUT2D eigenvalue weighted by atomic mass is 19.2. The highest BCUT2D eigenvalue weighted by Gasteiger charge is 2.05. The molecule has 0 bridgehead atoms. The van der Waals surface area contributed by atoms with Gasteiger partial charge in [-0.05, 0) is 0 Å². The van der Waals surface area contributed by atoms with Crippen LogP contribution >= 0.6 is 0 Å². The number of rotatable bonds is 0. The Morgan fingerprint density at radius 3 is 2.67 bits per heavy atom. The number of aromatic nitrogens is 2. The summed E-state index contributed by atoms with van der Waals surface area (Å²) in [6.07, 6.45) is 0. The third-order valence-electron chi connectivity index (χ3n) is 1.54. The second kappa shape index (κ2) is 2.30. The lowest BCUT2D eigenvalue weighted by atomic mass is 10.1. The summed E-state index contributed by atoms with van der Waals surface area (Å²) in [6.45, 7) is 0. The molecule has 2 radical (unpaired) electrons.